The Bertz CT molecular complexity index is 503. The van der Waals surface area contributed by atoms with Crippen LogP contribution in [0.1, 0.15) is 18.1 Å². The number of hydrogen-bond donors (Lipinski definition) is 1. The molecule has 0 aliphatic heterocycles. The maximum atomic E-state index is 11.6. The number of rotatable bonds is 4. The van der Waals surface area contributed by atoms with Crippen molar-refractivity contribution in [2.24, 2.45) is 0 Å². The Morgan fingerprint density at radius 2 is 2.00 bits per heavy atom. The van der Waals surface area contributed by atoms with Crippen LogP contribution in [0.5, 0.6) is 0 Å². The highest BCUT2D eigenvalue weighted by atomic mass is 32.2. The molecule has 1 rings (SSSR count). The summed E-state index contributed by atoms with van der Waals surface area (Å²) in [5, 5.41) is 8.65. The van der Waals surface area contributed by atoms with Crippen LogP contribution in [-0.2, 0) is 21.1 Å². The maximum Gasteiger partial charge on any atom is 0.307 e. The van der Waals surface area contributed by atoms with Gasteiger partial charge in [0.25, 0.3) is 0 Å². The third kappa shape index (κ3) is 2.82. The van der Waals surface area contributed by atoms with Gasteiger partial charge in [0.2, 0.25) is 0 Å². The van der Waals surface area contributed by atoms with E-state index in [1.54, 1.807) is 19.9 Å². The molecule has 0 bridgehead atoms. The van der Waals surface area contributed by atoms with Gasteiger partial charge in [-0.3, -0.25) is 4.79 Å². The summed E-state index contributed by atoms with van der Waals surface area (Å²) in [7, 11) is -3.21. The van der Waals surface area contributed by atoms with Crippen molar-refractivity contribution >= 4 is 15.8 Å². The van der Waals surface area contributed by atoms with Gasteiger partial charge in [-0.05, 0) is 30.2 Å². The van der Waals surface area contributed by atoms with Crippen molar-refractivity contribution in [1.29, 1.82) is 0 Å². The fraction of sp³-hybridized carbons (Fsp3) is 0.364. The lowest BCUT2D eigenvalue weighted by atomic mass is 10.1. The lowest BCUT2D eigenvalue weighted by Gasteiger charge is -2.06. The van der Waals surface area contributed by atoms with Gasteiger partial charge in [-0.15, -0.1) is 0 Å². The Labute approximate surface area is 94.8 Å². The normalized spacial score (nSPS) is 11.4. The van der Waals surface area contributed by atoms with Crippen LogP contribution in [0.25, 0.3) is 0 Å². The molecule has 0 saturated carbocycles. The van der Waals surface area contributed by atoms with Crippen LogP contribution in [0.15, 0.2) is 23.1 Å². The highest BCUT2D eigenvalue weighted by Gasteiger charge is 2.13. The molecule has 0 aliphatic rings. The van der Waals surface area contributed by atoms with E-state index in [1.165, 1.54) is 12.1 Å². The molecule has 0 spiro atoms. The zero-order valence-corrected chi connectivity index (χ0v) is 10.0. The van der Waals surface area contributed by atoms with E-state index < -0.39 is 15.8 Å². The molecule has 1 aromatic carbocycles. The fourth-order valence-corrected chi connectivity index (χ4v) is 2.35. The minimum Gasteiger partial charge on any atom is -0.481 e. The summed E-state index contributed by atoms with van der Waals surface area (Å²) in [5.74, 6) is -0.876. The Balaban J connectivity index is 3.14. The van der Waals surface area contributed by atoms with Gasteiger partial charge < -0.3 is 5.11 Å². The largest absolute Gasteiger partial charge is 0.481 e. The Morgan fingerprint density at radius 1 is 1.38 bits per heavy atom. The van der Waals surface area contributed by atoms with Crippen LogP contribution >= 0.6 is 0 Å². The Morgan fingerprint density at radius 3 is 2.44 bits per heavy atom. The summed E-state index contributed by atoms with van der Waals surface area (Å²) in [5.41, 5.74) is 1.33. The average Bonchev–Trinajstić information content (AvgIpc) is 2.20. The van der Waals surface area contributed by atoms with E-state index in [0.717, 1.165) is 0 Å². The molecule has 16 heavy (non-hydrogen) atoms. The van der Waals surface area contributed by atoms with E-state index >= 15 is 0 Å². The predicted octanol–water partition coefficient (Wildman–Crippen LogP) is 1.42. The van der Waals surface area contributed by atoms with Gasteiger partial charge in [-0.2, -0.15) is 0 Å². The molecule has 0 atom stereocenters. The SMILES string of the molecule is CCS(=O)(=O)c1ccc(CC(=O)O)c(C)c1. The molecule has 0 amide bonds. The zero-order valence-electron chi connectivity index (χ0n) is 9.23. The van der Waals surface area contributed by atoms with Crippen LogP contribution in [-0.4, -0.2) is 25.2 Å². The second-order valence-corrected chi connectivity index (χ2v) is 5.84. The van der Waals surface area contributed by atoms with Crippen molar-refractivity contribution in [3.8, 4) is 0 Å². The topological polar surface area (TPSA) is 71.4 Å². The molecule has 0 radical (unpaired) electrons. The molecule has 4 nitrogen and oxygen atoms in total. The van der Waals surface area contributed by atoms with Crippen molar-refractivity contribution in [3.63, 3.8) is 0 Å². The van der Waals surface area contributed by atoms with Crippen molar-refractivity contribution in [2.45, 2.75) is 25.2 Å². The van der Waals surface area contributed by atoms with Crippen molar-refractivity contribution < 1.29 is 18.3 Å². The first kappa shape index (κ1) is 12.7. The number of aryl methyl sites for hydroxylation is 1. The molecule has 5 heteroatoms. The molecule has 0 saturated heterocycles. The Hall–Kier alpha value is -1.36. The molecular formula is C11H14O4S. The van der Waals surface area contributed by atoms with Gasteiger partial charge in [0.15, 0.2) is 9.84 Å². The fourth-order valence-electron chi connectivity index (χ4n) is 1.39. The van der Waals surface area contributed by atoms with E-state index in [1.807, 2.05) is 0 Å². The van der Waals surface area contributed by atoms with Crippen LogP contribution in [0.2, 0.25) is 0 Å². The first-order chi connectivity index (χ1) is 7.36. The number of hydrogen-bond acceptors (Lipinski definition) is 3. The summed E-state index contributed by atoms with van der Waals surface area (Å²) in [6, 6.07) is 4.55. The number of aliphatic carboxylic acids is 1. The van der Waals surface area contributed by atoms with Gasteiger partial charge >= 0.3 is 5.97 Å². The van der Waals surface area contributed by atoms with E-state index in [0.29, 0.717) is 11.1 Å². The number of carboxylic acid groups (broad SMARTS) is 1. The lowest BCUT2D eigenvalue weighted by Crippen LogP contribution is -2.06. The predicted molar refractivity (Wildman–Crippen MR) is 60.2 cm³/mol. The summed E-state index contributed by atoms with van der Waals surface area (Å²) in [4.78, 5) is 10.8. The monoisotopic (exact) mass is 242 g/mol. The first-order valence-electron chi connectivity index (χ1n) is 4.91. The summed E-state index contributed by atoms with van der Waals surface area (Å²) in [6.45, 7) is 3.29. The molecule has 88 valence electrons. The van der Waals surface area contributed by atoms with Gasteiger partial charge in [-0.1, -0.05) is 13.0 Å². The van der Waals surface area contributed by atoms with Crippen molar-refractivity contribution in [3.05, 3.63) is 29.3 Å². The minimum absolute atomic E-state index is 0.0463. The number of carboxylic acids is 1. The number of carbonyl (C=O) groups is 1. The zero-order chi connectivity index (χ0) is 12.3. The second kappa shape index (κ2) is 4.65. The maximum absolute atomic E-state index is 11.6. The third-order valence-corrected chi connectivity index (χ3v) is 4.13. The van der Waals surface area contributed by atoms with Gasteiger partial charge in [0.1, 0.15) is 0 Å². The quantitative estimate of drug-likeness (QED) is 0.866. The number of benzene rings is 1. The summed E-state index contributed by atoms with van der Waals surface area (Å²) in [6.07, 6.45) is -0.0850. The molecule has 0 unspecified atom stereocenters. The minimum atomic E-state index is -3.21. The molecule has 0 aliphatic carbocycles. The van der Waals surface area contributed by atoms with Gasteiger partial charge in [0.05, 0.1) is 17.1 Å². The standard InChI is InChI=1S/C11H14O4S/c1-3-16(14,15)10-5-4-9(7-11(12)13)8(2)6-10/h4-6H,3,7H2,1-2H3,(H,12,13). The van der Waals surface area contributed by atoms with Crippen LogP contribution in [0, 0.1) is 6.92 Å². The highest BCUT2D eigenvalue weighted by molar-refractivity contribution is 7.91. The molecular weight excluding hydrogens is 228 g/mol. The van der Waals surface area contributed by atoms with E-state index in [2.05, 4.69) is 0 Å². The lowest BCUT2D eigenvalue weighted by molar-refractivity contribution is -0.136. The molecule has 1 aromatic rings. The molecule has 0 heterocycles. The van der Waals surface area contributed by atoms with Crippen LogP contribution < -0.4 is 0 Å². The molecule has 0 aromatic heterocycles. The van der Waals surface area contributed by atoms with Crippen molar-refractivity contribution in [1.82, 2.24) is 0 Å². The average molecular weight is 242 g/mol. The highest BCUT2D eigenvalue weighted by Crippen LogP contribution is 2.17. The summed E-state index contributed by atoms with van der Waals surface area (Å²) >= 11 is 0. The molecule has 0 fully saturated rings. The third-order valence-electron chi connectivity index (χ3n) is 2.39. The Kier molecular flexibility index (Phi) is 3.70. The smallest absolute Gasteiger partial charge is 0.307 e. The second-order valence-electron chi connectivity index (χ2n) is 3.56. The first-order valence-corrected chi connectivity index (χ1v) is 6.56. The number of sulfone groups is 1. The van der Waals surface area contributed by atoms with Crippen LogP contribution in [0.4, 0.5) is 0 Å². The van der Waals surface area contributed by atoms with Crippen molar-refractivity contribution in [2.75, 3.05) is 5.75 Å². The van der Waals surface area contributed by atoms with E-state index in [9.17, 15) is 13.2 Å². The van der Waals surface area contributed by atoms with Gasteiger partial charge in [0, 0.05) is 0 Å². The summed E-state index contributed by atoms with van der Waals surface area (Å²) < 4.78 is 23.1. The molecule has 1 N–H and O–H groups in total. The van der Waals surface area contributed by atoms with E-state index in [4.69, 9.17) is 5.11 Å². The van der Waals surface area contributed by atoms with E-state index in [-0.39, 0.29) is 17.1 Å². The van der Waals surface area contributed by atoms with Gasteiger partial charge in [-0.25, -0.2) is 8.42 Å². The van der Waals surface area contributed by atoms with Crippen LogP contribution in [0.3, 0.4) is 0 Å².